The van der Waals surface area contributed by atoms with Gasteiger partial charge >= 0.3 is 0 Å². The Labute approximate surface area is 75.0 Å². The monoisotopic (exact) mass is 201 g/mol. The van der Waals surface area contributed by atoms with Gasteiger partial charge in [0.15, 0.2) is 5.69 Å². The summed E-state index contributed by atoms with van der Waals surface area (Å²) in [5, 5.41) is 6.87. The number of nitrogens with one attached hydrogen (secondary N) is 1. The molecule has 0 bridgehead atoms. The first-order chi connectivity index (χ1) is 5.99. The normalized spacial score (nSPS) is 10.8. The molecule has 6 nitrogen and oxygen atoms in total. The highest BCUT2D eigenvalue weighted by molar-refractivity contribution is 7.89. The van der Waals surface area contributed by atoms with E-state index in [1.54, 1.807) is 4.72 Å². The zero-order valence-corrected chi connectivity index (χ0v) is 7.58. The number of hydrogen-bond donors (Lipinski definition) is 1. The zero-order valence-electron chi connectivity index (χ0n) is 6.76. The van der Waals surface area contributed by atoms with Crippen molar-refractivity contribution in [2.45, 2.75) is 0 Å². The summed E-state index contributed by atoms with van der Waals surface area (Å²) in [5.41, 5.74) is -0.0343. The summed E-state index contributed by atoms with van der Waals surface area (Å²) in [6, 6.07) is 2.86. The van der Waals surface area contributed by atoms with E-state index >= 15 is 0 Å². The summed E-state index contributed by atoms with van der Waals surface area (Å²) >= 11 is 0. The third-order valence-corrected chi connectivity index (χ3v) is 1.64. The van der Waals surface area contributed by atoms with Gasteiger partial charge < -0.3 is 0 Å². The van der Waals surface area contributed by atoms with Crippen LogP contribution in [0.5, 0.6) is 0 Å². The Kier molecular flexibility index (Phi) is 2.57. The average Bonchev–Trinajstić information content (AvgIpc) is 2.03. The van der Waals surface area contributed by atoms with Crippen LogP contribution in [0, 0.1) is 0 Å². The first kappa shape index (κ1) is 9.59. The van der Waals surface area contributed by atoms with E-state index in [9.17, 15) is 13.2 Å². The number of carbonyl (C=O) groups is 1. The Bertz CT molecular complexity index is 400. The standard InChI is InChI=1S/C6H7N3O3S/c1-13(11,12)9-6(10)5-3-2-4-7-8-5/h2-4H,1H3,(H,9,10). The number of sulfonamides is 1. The quantitative estimate of drug-likeness (QED) is 0.674. The number of amides is 1. The molecule has 0 radical (unpaired) electrons. The highest BCUT2D eigenvalue weighted by Crippen LogP contribution is 1.91. The van der Waals surface area contributed by atoms with Crippen molar-refractivity contribution < 1.29 is 13.2 Å². The van der Waals surface area contributed by atoms with Crippen molar-refractivity contribution in [1.29, 1.82) is 0 Å². The van der Waals surface area contributed by atoms with Crippen LogP contribution >= 0.6 is 0 Å². The Morgan fingerprint density at radius 1 is 1.54 bits per heavy atom. The lowest BCUT2D eigenvalue weighted by atomic mass is 10.4. The highest BCUT2D eigenvalue weighted by atomic mass is 32.2. The summed E-state index contributed by atoms with van der Waals surface area (Å²) < 4.78 is 23.0. The van der Waals surface area contributed by atoms with E-state index in [0.29, 0.717) is 0 Å². The SMILES string of the molecule is CS(=O)(=O)NC(=O)c1cccnn1. The first-order valence-corrected chi connectivity index (χ1v) is 5.18. The van der Waals surface area contributed by atoms with E-state index in [2.05, 4.69) is 10.2 Å². The van der Waals surface area contributed by atoms with E-state index in [-0.39, 0.29) is 5.69 Å². The summed E-state index contributed by atoms with van der Waals surface area (Å²) in [4.78, 5) is 11.1. The molecule has 7 heteroatoms. The van der Waals surface area contributed by atoms with Gasteiger partial charge in [-0.05, 0) is 12.1 Å². The first-order valence-electron chi connectivity index (χ1n) is 3.29. The van der Waals surface area contributed by atoms with Crippen molar-refractivity contribution in [3.8, 4) is 0 Å². The molecule has 70 valence electrons. The summed E-state index contributed by atoms with van der Waals surface area (Å²) in [6.45, 7) is 0. The van der Waals surface area contributed by atoms with Gasteiger partial charge in [0.25, 0.3) is 5.91 Å². The maximum Gasteiger partial charge on any atom is 0.285 e. The van der Waals surface area contributed by atoms with Crippen LogP contribution in [0.25, 0.3) is 0 Å². The van der Waals surface area contributed by atoms with Crippen molar-refractivity contribution >= 4 is 15.9 Å². The Morgan fingerprint density at radius 2 is 2.23 bits per heavy atom. The van der Waals surface area contributed by atoms with Crippen LogP contribution in [0.1, 0.15) is 10.5 Å². The molecule has 1 aromatic heterocycles. The maximum absolute atomic E-state index is 11.1. The molecule has 0 aliphatic heterocycles. The van der Waals surface area contributed by atoms with Crippen LogP contribution in [0.4, 0.5) is 0 Å². The number of aromatic nitrogens is 2. The molecule has 1 rings (SSSR count). The second-order valence-corrected chi connectivity index (χ2v) is 4.06. The predicted molar refractivity (Wildman–Crippen MR) is 44.3 cm³/mol. The minimum absolute atomic E-state index is 0.0343. The molecule has 1 aromatic rings. The van der Waals surface area contributed by atoms with Crippen LogP contribution in [0.3, 0.4) is 0 Å². The number of carbonyl (C=O) groups excluding carboxylic acids is 1. The van der Waals surface area contributed by atoms with Crippen LogP contribution in [0.15, 0.2) is 18.3 Å². The zero-order chi connectivity index (χ0) is 9.90. The van der Waals surface area contributed by atoms with E-state index < -0.39 is 15.9 Å². The molecule has 0 unspecified atom stereocenters. The summed E-state index contributed by atoms with van der Waals surface area (Å²) in [6.07, 6.45) is 2.28. The predicted octanol–water partition coefficient (Wildman–Crippen LogP) is -0.834. The van der Waals surface area contributed by atoms with Crippen molar-refractivity contribution in [1.82, 2.24) is 14.9 Å². The van der Waals surface area contributed by atoms with Gasteiger partial charge in [0.1, 0.15) is 0 Å². The van der Waals surface area contributed by atoms with Gasteiger partial charge in [-0.3, -0.25) is 4.79 Å². The largest absolute Gasteiger partial charge is 0.285 e. The van der Waals surface area contributed by atoms with Gasteiger partial charge in [-0.15, -0.1) is 5.10 Å². The van der Waals surface area contributed by atoms with Crippen LogP contribution in [-0.2, 0) is 10.0 Å². The lowest BCUT2D eigenvalue weighted by Crippen LogP contribution is -2.30. The number of hydrogen-bond acceptors (Lipinski definition) is 5. The van der Waals surface area contributed by atoms with Crippen LogP contribution in [-0.4, -0.2) is 30.8 Å². The smallest absolute Gasteiger partial charge is 0.266 e. The average molecular weight is 201 g/mol. The van der Waals surface area contributed by atoms with Crippen LogP contribution < -0.4 is 4.72 Å². The molecule has 0 saturated heterocycles. The molecular formula is C6H7N3O3S. The van der Waals surface area contributed by atoms with Crippen LogP contribution in [0.2, 0.25) is 0 Å². The molecule has 0 fully saturated rings. The maximum atomic E-state index is 11.1. The summed E-state index contributed by atoms with van der Waals surface area (Å²) in [7, 11) is -3.54. The lowest BCUT2D eigenvalue weighted by Gasteiger charge is -1.99. The molecule has 1 N–H and O–H groups in total. The lowest BCUT2D eigenvalue weighted by molar-refractivity contribution is 0.0976. The Hall–Kier alpha value is -1.50. The Balaban J connectivity index is 2.82. The van der Waals surface area contributed by atoms with E-state index in [0.717, 1.165) is 6.26 Å². The molecule has 0 atom stereocenters. The van der Waals surface area contributed by atoms with E-state index in [1.165, 1.54) is 18.3 Å². The van der Waals surface area contributed by atoms with E-state index in [1.807, 2.05) is 0 Å². The third-order valence-electron chi connectivity index (χ3n) is 1.08. The molecule has 0 spiro atoms. The highest BCUT2D eigenvalue weighted by Gasteiger charge is 2.11. The van der Waals surface area contributed by atoms with Crippen molar-refractivity contribution in [2.24, 2.45) is 0 Å². The van der Waals surface area contributed by atoms with Gasteiger partial charge in [-0.1, -0.05) is 0 Å². The molecule has 0 aliphatic carbocycles. The summed E-state index contributed by atoms with van der Waals surface area (Å²) in [5.74, 6) is -0.782. The van der Waals surface area contributed by atoms with Gasteiger partial charge in [-0.2, -0.15) is 5.10 Å². The topological polar surface area (TPSA) is 89.0 Å². The third kappa shape index (κ3) is 3.16. The van der Waals surface area contributed by atoms with E-state index in [4.69, 9.17) is 0 Å². The molecule has 13 heavy (non-hydrogen) atoms. The fourth-order valence-electron chi connectivity index (χ4n) is 0.643. The molecule has 0 aromatic carbocycles. The molecule has 0 aliphatic rings. The molecular weight excluding hydrogens is 194 g/mol. The second-order valence-electron chi connectivity index (χ2n) is 2.31. The van der Waals surface area contributed by atoms with Gasteiger partial charge in [0.05, 0.1) is 6.26 Å². The second kappa shape index (κ2) is 3.48. The number of nitrogens with zero attached hydrogens (tertiary/aromatic N) is 2. The Morgan fingerprint density at radius 3 is 2.69 bits per heavy atom. The van der Waals surface area contributed by atoms with Gasteiger partial charge in [0, 0.05) is 6.20 Å². The molecule has 1 amide bonds. The van der Waals surface area contributed by atoms with Gasteiger partial charge in [0.2, 0.25) is 10.0 Å². The fourth-order valence-corrected chi connectivity index (χ4v) is 1.08. The van der Waals surface area contributed by atoms with Crippen molar-refractivity contribution in [3.63, 3.8) is 0 Å². The minimum Gasteiger partial charge on any atom is -0.266 e. The molecule has 1 heterocycles. The number of rotatable bonds is 2. The molecule has 0 saturated carbocycles. The minimum atomic E-state index is -3.54. The fraction of sp³-hybridized carbons (Fsp3) is 0.167. The van der Waals surface area contributed by atoms with Crippen molar-refractivity contribution in [3.05, 3.63) is 24.0 Å². The van der Waals surface area contributed by atoms with Gasteiger partial charge in [-0.25, -0.2) is 13.1 Å². The van der Waals surface area contributed by atoms with Crippen molar-refractivity contribution in [2.75, 3.05) is 6.26 Å².